The summed E-state index contributed by atoms with van der Waals surface area (Å²) in [7, 11) is 3.70. The van der Waals surface area contributed by atoms with Gasteiger partial charge < -0.3 is 16.0 Å². The van der Waals surface area contributed by atoms with Crippen molar-refractivity contribution in [2.24, 2.45) is 11.7 Å². The zero-order chi connectivity index (χ0) is 14.3. The summed E-state index contributed by atoms with van der Waals surface area (Å²) in [6.07, 6.45) is 0. The van der Waals surface area contributed by atoms with Crippen molar-refractivity contribution in [1.29, 1.82) is 0 Å². The second kappa shape index (κ2) is 7.92. The van der Waals surface area contributed by atoms with Gasteiger partial charge in [0, 0.05) is 38.5 Å². The fourth-order valence-electron chi connectivity index (χ4n) is 2.29. The van der Waals surface area contributed by atoms with Gasteiger partial charge in [0.2, 0.25) is 5.91 Å². The number of amides is 1. The molecule has 0 aromatic heterocycles. The second-order valence-electron chi connectivity index (χ2n) is 5.08. The summed E-state index contributed by atoms with van der Waals surface area (Å²) in [4.78, 5) is 13.7. The van der Waals surface area contributed by atoms with Gasteiger partial charge in [0.25, 0.3) is 0 Å². The van der Waals surface area contributed by atoms with Crippen LogP contribution in [0.5, 0.6) is 0 Å². The van der Waals surface area contributed by atoms with Crippen LogP contribution in [0.2, 0.25) is 0 Å². The normalized spacial score (nSPS) is 14.2. The van der Waals surface area contributed by atoms with Crippen molar-refractivity contribution < 1.29 is 4.79 Å². The highest BCUT2D eigenvalue weighted by Crippen LogP contribution is 2.15. The molecule has 1 aromatic carbocycles. The molecule has 0 fully saturated rings. The van der Waals surface area contributed by atoms with Gasteiger partial charge in [-0.25, -0.2) is 0 Å². The van der Waals surface area contributed by atoms with E-state index in [1.165, 1.54) is 5.56 Å². The van der Waals surface area contributed by atoms with Crippen LogP contribution in [0.1, 0.15) is 18.4 Å². The Morgan fingerprint density at radius 1 is 1.32 bits per heavy atom. The quantitative estimate of drug-likeness (QED) is 0.773. The van der Waals surface area contributed by atoms with Crippen LogP contribution >= 0.6 is 0 Å². The first-order valence-electron chi connectivity index (χ1n) is 6.73. The van der Waals surface area contributed by atoms with Gasteiger partial charge in [0.05, 0.1) is 0 Å². The van der Waals surface area contributed by atoms with E-state index >= 15 is 0 Å². The zero-order valence-corrected chi connectivity index (χ0v) is 12.1. The lowest BCUT2D eigenvalue weighted by Crippen LogP contribution is -2.37. The molecule has 0 heterocycles. The van der Waals surface area contributed by atoms with E-state index in [0.717, 1.165) is 13.1 Å². The van der Waals surface area contributed by atoms with Gasteiger partial charge in [-0.05, 0) is 12.6 Å². The van der Waals surface area contributed by atoms with E-state index in [0.29, 0.717) is 12.5 Å². The van der Waals surface area contributed by atoms with Gasteiger partial charge in [0.1, 0.15) is 0 Å². The molecule has 0 saturated heterocycles. The molecule has 0 aliphatic carbocycles. The minimum absolute atomic E-state index is 0.0100. The summed E-state index contributed by atoms with van der Waals surface area (Å²) in [6, 6.07) is 10.3. The Labute approximate surface area is 116 Å². The number of benzene rings is 1. The molecule has 19 heavy (non-hydrogen) atoms. The number of nitrogens with one attached hydrogen (secondary N) is 1. The molecule has 4 nitrogen and oxygen atoms in total. The Hall–Kier alpha value is -1.39. The van der Waals surface area contributed by atoms with Crippen molar-refractivity contribution >= 4 is 5.91 Å². The van der Waals surface area contributed by atoms with Crippen molar-refractivity contribution in [2.45, 2.75) is 12.8 Å². The number of likely N-dealkylation sites (N-methyl/N-ethyl adjacent to an activating group) is 1. The average Bonchev–Trinajstić information content (AvgIpc) is 2.44. The predicted molar refractivity (Wildman–Crippen MR) is 79.0 cm³/mol. The number of carbonyl (C=O) groups is 1. The Bertz CT molecular complexity index is 380. The Kier molecular flexibility index (Phi) is 6.53. The SMILES string of the molecule is CNC(=O)C(C)CN(C)CC(CN)c1ccccc1. The molecule has 0 aliphatic rings. The number of hydrogen-bond donors (Lipinski definition) is 2. The maximum Gasteiger partial charge on any atom is 0.223 e. The van der Waals surface area contributed by atoms with E-state index < -0.39 is 0 Å². The summed E-state index contributed by atoms with van der Waals surface area (Å²) in [5.41, 5.74) is 7.12. The molecule has 2 unspecified atom stereocenters. The number of nitrogens with zero attached hydrogens (tertiary/aromatic N) is 1. The van der Waals surface area contributed by atoms with E-state index in [2.05, 4.69) is 22.3 Å². The van der Waals surface area contributed by atoms with Crippen molar-refractivity contribution in [3.8, 4) is 0 Å². The molecular formula is C15H25N3O. The number of carbonyl (C=O) groups excluding carboxylic acids is 1. The first-order chi connectivity index (χ1) is 9.08. The van der Waals surface area contributed by atoms with Crippen molar-refractivity contribution in [1.82, 2.24) is 10.2 Å². The molecule has 4 heteroatoms. The van der Waals surface area contributed by atoms with Gasteiger partial charge in [-0.15, -0.1) is 0 Å². The standard InChI is InChI=1S/C15H25N3O/c1-12(15(19)17-2)10-18(3)11-14(9-16)13-7-5-4-6-8-13/h4-8,12,14H,9-11,16H2,1-3H3,(H,17,19). The van der Waals surface area contributed by atoms with E-state index in [1.54, 1.807) is 7.05 Å². The monoisotopic (exact) mass is 263 g/mol. The van der Waals surface area contributed by atoms with Crippen molar-refractivity contribution in [2.75, 3.05) is 33.7 Å². The predicted octanol–water partition coefficient (Wildman–Crippen LogP) is 1.04. The van der Waals surface area contributed by atoms with Gasteiger partial charge in [-0.3, -0.25) is 4.79 Å². The fraction of sp³-hybridized carbons (Fsp3) is 0.533. The van der Waals surface area contributed by atoms with E-state index in [-0.39, 0.29) is 11.8 Å². The first kappa shape index (κ1) is 15.7. The van der Waals surface area contributed by atoms with Crippen LogP contribution in [0, 0.1) is 5.92 Å². The molecule has 1 aromatic rings. The summed E-state index contributed by atoms with van der Waals surface area (Å²) in [6.45, 7) is 4.16. The Morgan fingerprint density at radius 3 is 2.47 bits per heavy atom. The maximum atomic E-state index is 11.5. The molecule has 0 radical (unpaired) electrons. The van der Waals surface area contributed by atoms with Crippen LogP contribution < -0.4 is 11.1 Å². The highest BCUT2D eigenvalue weighted by atomic mass is 16.1. The summed E-state index contributed by atoms with van der Waals surface area (Å²) >= 11 is 0. The van der Waals surface area contributed by atoms with Crippen molar-refractivity contribution in [3.05, 3.63) is 35.9 Å². The lowest BCUT2D eigenvalue weighted by atomic mass is 9.98. The van der Waals surface area contributed by atoms with Gasteiger partial charge in [-0.1, -0.05) is 37.3 Å². The number of nitrogens with two attached hydrogens (primary N) is 1. The maximum absolute atomic E-state index is 11.5. The minimum Gasteiger partial charge on any atom is -0.359 e. The van der Waals surface area contributed by atoms with Crippen LogP contribution in [-0.2, 0) is 4.79 Å². The second-order valence-corrected chi connectivity index (χ2v) is 5.08. The van der Waals surface area contributed by atoms with Crippen molar-refractivity contribution in [3.63, 3.8) is 0 Å². The minimum atomic E-state index is -0.0100. The number of hydrogen-bond acceptors (Lipinski definition) is 3. The summed E-state index contributed by atoms with van der Waals surface area (Å²) in [5.74, 6) is 0.378. The third-order valence-corrected chi connectivity index (χ3v) is 3.37. The third kappa shape index (κ3) is 5.01. The van der Waals surface area contributed by atoms with Gasteiger partial charge >= 0.3 is 0 Å². The van der Waals surface area contributed by atoms with E-state index in [4.69, 9.17) is 5.73 Å². The molecule has 1 rings (SSSR count). The third-order valence-electron chi connectivity index (χ3n) is 3.37. The van der Waals surface area contributed by atoms with Gasteiger partial charge in [0.15, 0.2) is 0 Å². The van der Waals surface area contributed by atoms with E-state index in [9.17, 15) is 4.79 Å². The molecule has 0 bridgehead atoms. The highest BCUT2D eigenvalue weighted by molar-refractivity contribution is 5.78. The molecule has 3 N–H and O–H groups in total. The molecule has 1 amide bonds. The average molecular weight is 263 g/mol. The lowest BCUT2D eigenvalue weighted by Gasteiger charge is -2.25. The largest absolute Gasteiger partial charge is 0.359 e. The lowest BCUT2D eigenvalue weighted by molar-refractivity contribution is -0.124. The molecule has 0 spiro atoms. The Morgan fingerprint density at radius 2 is 1.95 bits per heavy atom. The molecule has 2 atom stereocenters. The highest BCUT2D eigenvalue weighted by Gasteiger charge is 2.17. The summed E-state index contributed by atoms with van der Waals surface area (Å²) in [5, 5.41) is 2.68. The molecule has 0 saturated carbocycles. The van der Waals surface area contributed by atoms with Crippen LogP contribution in [0.15, 0.2) is 30.3 Å². The van der Waals surface area contributed by atoms with E-state index in [1.807, 2.05) is 32.2 Å². The van der Waals surface area contributed by atoms with Crippen LogP contribution in [0.25, 0.3) is 0 Å². The first-order valence-corrected chi connectivity index (χ1v) is 6.73. The van der Waals surface area contributed by atoms with Crippen LogP contribution in [-0.4, -0.2) is 44.5 Å². The molecular weight excluding hydrogens is 238 g/mol. The topological polar surface area (TPSA) is 58.4 Å². The Balaban J connectivity index is 2.54. The fourth-order valence-corrected chi connectivity index (χ4v) is 2.29. The number of rotatable bonds is 7. The molecule has 106 valence electrons. The van der Waals surface area contributed by atoms with Crippen LogP contribution in [0.4, 0.5) is 0 Å². The summed E-state index contributed by atoms with van der Waals surface area (Å²) < 4.78 is 0. The molecule has 0 aliphatic heterocycles. The zero-order valence-electron chi connectivity index (χ0n) is 12.1. The van der Waals surface area contributed by atoms with Crippen LogP contribution in [0.3, 0.4) is 0 Å². The smallest absolute Gasteiger partial charge is 0.223 e. The van der Waals surface area contributed by atoms with Gasteiger partial charge in [-0.2, -0.15) is 0 Å².